The van der Waals surface area contributed by atoms with Gasteiger partial charge >= 0.3 is 0 Å². The third kappa shape index (κ3) is 4.81. The van der Waals surface area contributed by atoms with Crippen molar-refractivity contribution in [3.05, 3.63) is 53.9 Å². The molecule has 0 fully saturated rings. The SMILES string of the molecule is COc1ccc(NC(=O)c2cc(C(=O)NC(C)(C)C)ccn2)cc1. The fourth-order valence-corrected chi connectivity index (χ4v) is 1.98. The number of methoxy groups -OCH3 is 1. The highest BCUT2D eigenvalue weighted by Gasteiger charge is 2.17. The number of hydrogen-bond donors (Lipinski definition) is 2. The van der Waals surface area contributed by atoms with Gasteiger partial charge in [-0.3, -0.25) is 14.6 Å². The van der Waals surface area contributed by atoms with Gasteiger partial charge in [0.1, 0.15) is 11.4 Å². The van der Waals surface area contributed by atoms with Gasteiger partial charge in [-0.2, -0.15) is 0 Å². The number of anilines is 1. The molecule has 0 unspecified atom stereocenters. The number of carbonyl (C=O) groups is 2. The molecule has 24 heavy (non-hydrogen) atoms. The molecule has 0 bridgehead atoms. The maximum Gasteiger partial charge on any atom is 0.274 e. The average Bonchev–Trinajstić information content (AvgIpc) is 2.54. The van der Waals surface area contributed by atoms with E-state index in [-0.39, 0.29) is 23.0 Å². The Labute approximate surface area is 141 Å². The lowest BCUT2D eigenvalue weighted by Gasteiger charge is -2.20. The fraction of sp³-hybridized carbons (Fsp3) is 0.278. The number of amides is 2. The standard InChI is InChI=1S/C18H21N3O3/c1-18(2,3)21-16(22)12-9-10-19-15(11-12)17(23)20-13-5-7-14(24-4)8-6-13/h5-11H,1-4H3,(H,20,23)(H,21,22). The lowest BCUT2D eigenvalue weighted by molar-refractivity contribution is 0.0919. The van der Waals surface area contributed by atoms with E-state index in [0.29, 0.717) is 17.0 Å². The summed E-state index contributed by atoms with van der Waals surface area (Å²) in [7, 11) is 1.58. The van der Waals surface area contributed by atoms with Crippen LogP contribution >= 0.6 is 0 Å². The monoisotopic (exact) mass is 327 g/mol. The van der Waals surface area contributed by atoms with Crippen LogP contribution in [0.4, 0.5) is 5.69 Å². The number of nitrogens with one attached hydrogen (secondary N) is 2. The quantitative estimate of drug-likeness (QED) is 0.905. The first-order valence-corrected chi connectivity index (χ1v) is 7.52. The molecule has 6 heteroatoms. The Kier molecular flexibility index (Phi) is 5.18. The van der Waals surface area contributed by atoms with Crippen LogP contribution in [0.1, 0.15) is 41.6 Å². The lowest BCUT2D eigenvalue weighted by Crippen LogP contribution is -2.40. The Morgan fingerprint density at radius 1 is 1.04 bits per heavy atom. The first kappa shape index (κ1) is 17.5. The topological polar surface area (TPSA) is 80.3 Å². The highest BCUT2D eigenvalue weighted by molar-refractivity contribution is 6.04. The molecule has 1 heterocycles. The molecular weight excluding hydrogens is 306 g/mol. The van der Waals surface area contributed by atoms with Crippen LogP contribution in [-0.4, -0.2) is 29.4 Å². The van der Waals surface area contributed by atoms with Crippen molar-refractivity contribution in [2.24, 2.45) is 0 Å². The molecule has 2 rings (SSSR count). The van der Waals surface area contributed by atoms with Crippen molar-refractivity contribution in [3.63, 3.8) is 0 Å². The van der Waals surface area contributed by atoms with Gasteiger partial charge < -0.3 is 15.4 Å². The molecule has 0 aliphatic heterocycles. The van der Waals surface area contributed by atoms with Crippen LogP contribution in [0.5, 0.6) is 5.75 Å². The molecule has 1 aromatic heterocycles. The molecule has 0 atom stereocenters. The molecule has 2 amide bonds. The van der Waals surface area contributed by atoms with E-state index < -0.39 is 0 Å². The fourth-order valence-electron chi connectivity index (χ4n) is 1.98. The van der Waals surface area contributed by atoms with Crippen LogP contribution in [0.25, 0.3) is 0 Å². The Morgan fingerprint density at radius 3 is 2.29 bits per heavy atom. The Hall–Kier alpha value is -2.89. The number of rotatable bonds is 4. The Morgan fingerprint density at radius 2 is 1.71 bits per heavy atom. The van der Waals surface area contributed by atoms with Gasteiger partial charge in [-0.25, -0.2) is 0 Å². The number of pyridine rings is 1. The van der Waals surface area contributed by atoms with Gasteiger partial charge in [0.15, 0.2) is 0 Å². The summed E-state index contributed by atoms with van der Waals surface area (Å²) >= 11 is 0. The average molecular weight is 327 g/mol. The third-order valence-electron chi connectivity index (χ3n) is 3.09. The third-order valence-corrected chi connectivity index (χ3v) is 3.09. The zero-order valence-corrected chi connectivity index (χ0v) is 14.2. The van der Waals surface area contributed by atoms with E-state index in [1.807, 2.05) is 20.8 Å². The summed E-state index contributed by atoms with van der Waals surface area (Å²) in [6, 6.07) is 10.00. The highest BCUT2D eigenvalue weighted by Crippen LogP contribution is 2.16. The summed E-state index contributed by atoms with van der Waals surface area (Å²) in [4.78, 5) is 28.5. The van der Waals surface area contributed by atoms with Gasteiger partial charge in [-0.15, -0.1) is 0 Å². The van der Waals surface area contributed by atoms with Crippen molar-refractivity contribution < 1.29 is 14.3 Å². The molecule has 2 aromatic rings. The zero-order chi connectivity index (χ0) is 17.7. The minimum Gasteiger partial charge on any atom is -0.497 e. The first-order chi connectivity index (χ1) is 11.3. The summed E-state index contributed by atoms with van der Waals surface area (Å²) < 4.78 is 5.07. The molecule has 1 aromatic carbocycles. The van der Waals surface area contributed by atoms with Crippen LogP contribution < -0.4 is 15.4 Å². The second-order valence-corrected chi connectivity index (χ2v) is 6.32. The van der Waals surface area contributed by atoms with E-state index >= 15 is 0 Å². The second kappa shape index (κ2) is 7.12. The molecule has 0 aliphatic rings. The molecule has 6 nitrogen and oxygen atoms in total. The minimum atomic E-state index is -0.384. The number of benzene rings is 1. The molecule has 0 saturated heterocycles. The number of hydrogen-bond acceptors (Lipinski definition) is 4. The summed E-state index contributed by atoms with van der Waals surface area (Å²) in [5.41, 5.74) is 0.825. The maximum atomic E-state index is 12.3. The van der Waals surface area contributed by atoms with Gasteiger partial charge in [0, 0.05) is 23.0 Å². The van der Waals surface area contributed by atoms with Crippen molar-refractivity contribution in [2.45, 2.75) is 26.3 Å². The summed E-state index contributed by atoms with van der Waals surface area (Å²) in [6.07, 6.45) is 1.44. The van der Waals surface area contributed by atoms with Crippen LogP contribution in [0.3, 0.4) is 0 Å². The second-order valence-electron chi connectivity index (χ2n) is 6.32. The summed E-state index contributed by atoms with van der Waals surface area (Å²) in [6.45, 7) is 5.68. The van der Waals surface area contributed by atoms with Crippen molar-refractivity contribution in [1.29, 1.82) is 0 Å². The molecule has 126 valence electrons. The molecule has 2 N–H and O–H groups in total. The van der Waals surface area contributed by atoms with Gasteiger partial charge in [-0.1, -0.05) is 0 Å². The van der Waals surface area contributed by atoms with Gasteiger partial charge in [0.25, 0.3) is 11.8 Å². The predicted octanol–water partition coefficient (Wildman–Crippen LogP) is 2.87. The number of ether oxygens (including phenoxy) is 1. The van der Waals surface area contributed by atoms with Crippen molar-refractivity contribution in [3.8, 4) is 5.75 Å². The van der Waals surface area contributed by atoms with Crippen molar-refractivity contribution >= 4 is 17.5 Å². The largest absolute Gasteiger partial charge is 0.497 e. The predicted molar refractivity (Wildman–Crippen MR) is 92.4 cm³/mol. The first-order valence-electron chi connectivity index (χ1n) is 7.52. The minimum absolute atomic E-state index is 0.173. The van der Waals surface area contributed by atoms with E-state index in [4.69, 9.17) is 4.74 Å². The van der Waals surface area contributed by atoms with Crippen molar-refractivity contribution in [2.75, 3.05) is 12.4 Å². The van der Waals surface area contributed by atoms with E-state index in [1.165, 1.54) is 12.3 Å². The normalized spacial score (nSPS) is 10.8. The number of nitrogens with zero attached hydrogens (tertiary/aromatic N) is 1. The van der Waals surface area contributed by atoms with Crippen LogP contribution in [0.2, 0.25) is 0 Å². The van der Waals surface area contributed by atoms with Crippen molar-refractivity contribution in [1.82, 2.24) is 10.3 Å². The molecule has 0 radical (unpaired) electrons. The van der Waals surface area contributed by atoms with Crippen LogP contribution in [-0.2, 0) is 0 Å². The van der Waals surface area contributed by atoms with Crippen LogP contribution in [0.15, 0.2) is 42.6 Å². The highest BCUT2D eigenvalue weighted by atomic mass is 16.5. The number of aromatic nitrogens is 1. The summed E-state index contributed by atoms with van der Waals surface area (Å²) in [5.74, 6) is 0.0703. The smallest absolute Gasteiger partial charge is 0.274 e. The van der Waals surface area contributed by atoms with E-state index in [9.17, 15) is 9.59 Å². The van der Waals surface area contributed by atoms with Crippen LogP contribution in [0, 0.1) is 0 Å². The molecule has 0 saturated carbocycles. The van der Waals surface area contributed by atoms with E-state index in [2.05, 4.69) is 15.6 Å². The van der Waals surface area contributed by atoms with Gasteiger partial charge in [0.2, 0.25) is 0 Å². The van der Waals surface area contributed by atoms with Gasteiger partial charge in [-0.05, 0) is 57.2 Å². The van der Waals surface area contributed by atoms with E-state index in [0.717, 1.165) is 0 Å². The molecular formula is C18H21N3O3. The maximum absolute atomic E-state index is 12.3. The van der Waals surface area contributed by atoms with Gasteiger partial charge in [0.05, 0.1) is 7.11 Å². The Bertz CT molecular complexity index is 734. The number of carbonyl (C=O) groups excluding carboxylic acids is 2. The molecule has 0 spiro atoms. The Balaban J connectivity index is 2.12. The zero-order valence-electron chi connectivity index (χ0n) is 14.2. The van der Waals surface area contributed by atoms with E-state index in [1.54, 1.807) is 37.4 Å². The summed E-state index contributed by atoms with van der Waals surface area (Å²) in [5, 5.41) is 5.59. The molecule has 0 aliphatic carbocycles. The lowest BCUT2D eigenvalue weighted by atomic mass is 10.1.